The van der Waals surface area contributed by atoms with Crippen LogP contribution in [0.3, 0.4) is 0 Å². The maximum atomic E-state index is 11.7. The highest BCUT2D eigenvalue weighted by atomic mass is 16.1. The van der Waals surface area contributed by atoms with Gasteiger partial charge >= 0.3 is 0 Å². The molecule has 2 rings (SSSR count). The zero-order chi connectivity index (χ0) is 12.8. The number of hydrogen-bond donors (Lipinski definition) is 0. The first-order valence-corrected chi connectivity index (χ1v) is 5.84. The summed E-state index contributed by atoms with van der Waals surface area (Å²) in [5, 5.41) is 0. The summed E-state index contributed by atoms with van der Waals surface area (Å²) in [6, 6.07) is 19.3. The summed E-state index contributed by atoms with van der Waals surface area (Å²) < 4.78 is 0. The van der Waals surface area contributed by atoms with Crippen LogP contribution in [-0.2, 0) is 10.2 Å². The third-order valence-electron chi connectivity index (χ3n) is 3.16. The molecule has 0 bridgehead atoms. The maximum Gasteiger partial charge on any atom is 0.135 e. The Bertz CT molecular complexity index is 510. The molecular weight excluding hydrogens is 220 g/mol. The van der Waals surface area contributed by atoms with Gasteiger partial charge < -0.3 is 4.79 Å². The molecule has 0 amide bonds. The molecule has 1 nitrogen and oxygen atoms in total. The fraction of sp³-hybridized carbons (Fsp3) is 0.118. The van der Waals surface area contributed by atoms with Crippen LogP contribution >= 0.6 is 0 Å². The minimum absolute atomic E-state index is 0.366. The van der Waals surface area contributed by atoms with Crippen molar-refractivity contribution in [1.82, 2.24) is 0 Å². The molecule has 0 saturated carbocycles. The van der Waals surface area contributed by atoms with Crippen LogP contribution in [0.1, 0.15) is 17.5 Å². The van der Waals surface area contributed by atoms with Gasteiger partial charge in [0.05, 0.1) is 5.41 Å². The lowest BCUT2D eigenvalue weighted by Gasteiger charge is -2.27. The van der Waals surface area contributed by atoms with Crippen LogP contribution in [0.25, 0.3) is 0 Å². The zero-order valence-electron chi connectivity index (χ0n) is 10.0. The average Bonchev–Trinajstić information content (AvgIpc) is 2.47. The fourth-order valence-corrected chi connectivity index (χ4v) is 2.18. The smallest absolute Gasteiger partial charge is 0.135 e. The Morgan fingerprint density at radius 3 is 1.72 bits per heavy atom. The summed E-state index contributed by atoms with van der Waals surface area (Å²) in [6.07, 6.45) is 6.78. The number of rotatable bonds is 4. The van der Waals surface area contributed by atoms with E-state index in [2.05, 4.69) is 5.92 Å². The van der Waals surface area contributed by atoms with Crippen LogP contribution in [0.2, 0.25) is 0 Å². The Hall–Kier alpha value is -2.33. The number of hydrogen-bond acceptors (Lipinski definition) is 1. The van der Waals surface area contributed by atoms with E-state index in [1.165, 1.54) is 0 Å². The molecule has 0 aromatic heterocycles. The van der Waals surface area contributed by atoms with E-state index in [1.54, 1.807) is 0 Å². The second kappa shape index (κ2) is 5.33. The van der Waals surface area contributed by atoms with Crippen molar-refractivity contribution < 1.29 is 4.79 Å². The third-order valence-corrected chi connectivity index (χ3v) is 3.16. The summed E-state index contributed by atoms with van der Waals surface area (Å²) in [6.45, 7) is 0. The quantitative estimate of drug-likeness (QED) is 0.586. The molecule has 1 heteroatoms. The average molecular weight is 234 g/mol. The Kier molecular flexibility index (Phi) is 3.60. The summed E-state index contributed by atoms with van der Waals surface area (Å²) in [5.41, 5.74) is 1.13. The number of benzene rings is 2. The van der Waals surface area contributed by atoms with Crippen LogP contribution in [0.15, 0.2) is 60.7 Å². The first-order valence-electron chi connectivity index (χ1n) is 5.84. The standard InChI is InChI=1S/C17H14O/c1-2-13-17(14-18,15-9-5-3-6-10-15)16-11-7-4-8-12-16/h1,3-12,14H,13H2. The van der Waals surface area contributed by atoms with Gasteiger partial charge in [-0.15, -0.1) is 12.3 Å². The lowest BCUT2D eigenvalue weighted by atomic mass is 9.73. The van der Waals surface area contributed by atoms with E-state index in [0.29, 0.717) is 6.42 Å². The van der Waals surface area contributed by atoms with E-state index in [1.807, 2.05) is 60.7 Å². The second-order valence-electron chi connectivity index (χ2n) is 4.20. The lowest BCUT2D eigenvalue weighted by molar-refractivity contribution is -0.111. The molecule has 18 heavy (non-hydrogen) atoms. The molecule has 0 aliphatic carbocycles. The van der Waals surface area contributed by atoms with E-state index in [0.717, 1.165) is 17.4 Å². The first kappa shape index (κ1) is 12.1. The van der Waals surface area contributed by atoms with Crippen molar-refractivity contribution in [3.05, 3.63) is 71.8 Å². The van der Waals surface area contributed by atoms with Crippen molar-refractivity contribution in [3.63, 3.8) is 0 Å². The van der Waals surface area contributed by atoms with Crippen molar-refractivity contribution in [1.29, 1.82) is 0 Å². The minimum atomic E-state index is -0.739. The Labute approximate surface area is 107 Å². The first-order chi connectivity index (χ1) is 8.83. The van der Waals surface area contributed by atoms with Gasteiger partial charge in [-0.3, -0.25) is 0 Å². The SMILES string of the molecule is C#CCC(C=O)(c1ccccc1)c1ccccc1. The molecule has 0 aliphatic rings. The lowest BCUT2D eigenvalue weighted by Crippen LogP contribution is -2.29. The summed E-state index contributed by atoms with van der Waals surface area (Å²) in [7, 11) is 0. The normalized spacial score (nSPS) is 10.6. The molecule has 0 heterocycles. The summed E-state index contributed by atoms with van der Waals surface area (Å²) >= 11 is 0. The van der Waals surface area contributed by atoms with Crippen LogP contribution in [0.5, 0.6) is 0 Å². The molecule has 0 atom stereocenters. The fourth-order valence-electron chi connectivity index (χ4n) is 2.18. The molecule has 0 unspecified atom stereocenters. The predicted molar refractivity (Wildman–Crippen MR) is 73.2 cm³/mol. The largest absolute Gasteiger partial charge is 0.302 e. The van der Waals surface area contributed by atoms with Crippen molar-refractivity contribution in [2.24, 2.45) is 0 Å². The van der Waals surface area contributed by atoms with E-state index in [9.17, 15) is 4.79 Å². The van der Waals surface area contributed by atoms with Gasteiger partial charge in [0.1, 0.15) is 6.29 Å². The number of terminal acetylenes is 1. The monoisotopic (exact) mass is 234 g/mol. The molecule has 0 aliphatic heterocycles. The molecular formula is C17H14O. The van der Waals surface area contributed by atoms with Crippen molar-refractivity contribution in [2.45, 2.75) is 11.8 Å². The number of carbonyl (C=O) groups excluding carboxylic acids is 1. The molecule has 0 N–H and O–H groups in total. The maximum absolute atomic E-state index is 11.7. The highest BCUT2D eigenvalue weighted by Crippen LogP contribution is 2.33. The highest BCUT2D eigenvalue weighted by Gasteiger charge is 2.32. The van der Waals surface area contributed by atoms with Crippen LogP contribution < -0.4 is 0 Å². The van der Waals surface area contributed by atoms with Crippen LogP contribution in [-0.4, -0.2) is 6.29 Å². The van der Waals surface area contributed by atoms with Gasteiger partial charge in [0.2, 0.25) is 0 Å². The van der Waals surface area contributed by atoms with Crippen molar-refractivity contribution in [3.8, 4) is 12.3 Å². The number of carbonyl (C=O) groups is 1. The third kappa shape index (κ3) is 2.06. The summed E-state index contributed by atoms with van der Waals surface area (Å²) in [5.74, 6) is 2.63. The van der Waals surface area contributed by atoms with Crippen LogP contribution in [0.4, 0.5) is 0 Å². The molecule has 0 spiro atoms. The van der Waals surface area contributed by atoms with Gasteiger partial charge in [0.25, 0.3) is 0 Å². The van der Waals surface area contributed by atoms with Gasteiger partial charge in [-0.25, -0.2) is 0 Å². The molecule has 0 radical (unpaired) electrons. The molecule has 2 aromatic carbocycles. The minimum Gasteiger partial charge on any atom is -0.302 e. The number of aldehydes is 1. The topological polar surface area (TPSA) is 17.1 Å². The van der Waals surface area contributed by atoms with Crippen LogP contribution in [0, 0.1) is 12.3 Å². The van der Waals surface area contributed by atoms with Gasteiger partial charge in [0, 0.05) is 6.42 Å². The predicted octanol–water partition coefficient (Wildman–Crippen LogP) is 3.19. The molecule has 2 aromatic rings. The Morgan fingerprint density at radius 1 is 0.944 bits per heavy atom. The van der Waals surface area contributed by atoms with Gasteiger partial charge in [-0.1, -0.05) is 60.7 Å². The molecule has 0 saturated heterocycles. The van der Waals surface area contributed by atoms with E-state index < -0.39 is 5.41 Å². The van der Waals surface area contributed by atoms with Crippen molar-refractivity contribution in [2.75, 3.05) is 0 Å². The molecule has 88 valence electrons. The molecule has 0 fully saturated rings. The van der Waals surface area contributed by atoms with Gasteiger partial charge in [-0.05, 0) is 11.1 Å². The van der Waals surface area contributed by atoms with E-state index in [4.69, 9.17) is 6.42 Å². The highest BCUT2D eigenvalue weighted by molar-refractivity contribution is 5.75. The van der Waals surface area contributed by atoms with Gasteiger partial charge in [-0.2, -0.15) is 0 Å². The van der Waals surface area contributed by atoms with E-state index in [-0.39, 0.29) is 0 Å². The zero-order valence-corrected chi connectivity index (χ0v) is 10.0. The second-order valence-corrected chi connectivity index (χ2v) is 4.20. The van der Waals surface area contributed by atoms with Crippen molar-refractivity contribution >= 4 is 6.29 Å². The van der Waals surface area contributed by atoms with Gasteiger partial charge in [0.15, 0.2) is 0 Å². The summed E-state index contributed by atoms with van der Waals surface area (Å²) in [4.78, 5) is 11.7. The van der Waals surface area contributed by atoms with E-state index >= 15 is 0 Å². The Balaban J connectivity index is 2.62. The Morgan fingerprint density at radius 2 is 1.39 bits per heavy atom.